The van der Waals surface area contributed by atoms with E-state index >= 15 is 0 Å². The average Bonchev–Trinajstić information content (AvgIpc) is 2.59. The maximum Gasteiger partial charge on any atom is 0.164 e. The summed E-state index contributed by atoms with van der Waals surface area (Å²) in [6, 6.07) is 8.09. The van der Waals surface area contributed by atoms with Crippen molar-refractivity contribution in [2.45, 2.75) is 20.3 Å². The molecule has 0 atom stereocenters. The van der Waals surface area contributed by atoms with Gasteiger partial charge in [-0.05, 0) is 12.0 Å². The van der Waals surface area contributed by atoms with Gasteiger partial charge < -0.3 is 0 Å². The Balaban J connectivity index is 2.40. The van der Waals surface area contributed by atoms with Gasteiger partial charge in [0.15, 0.2) is 5.78 Å². The van der Waals surface area contributed by atoms with Crippen LogP contribution >= 0.6 is 11.3 Å². The zero-order valence-corrected chi connectivity index (χ0v) is 9.80. The molecule has 78 valence electrons. The third-order valence-corrected chi connectivity index (χ3v) is 3.34. The first kappa shape index (κ1) is 10.4. The van der Waals surface area contributed by atoms with Gasteiger partial charge in [0.2, 0.25) is 0 Å². The van der Waals surface area contributed by atoms with Crippen molar-refractivity contribution in [1.29, 1.82) is 0 Å². The van der Waals surface area contributed by atoms with E-state index in [1.54, 1.807) is 11.3 Å². The molecular weight excluding hydrogens is 204 g/mol. The van der Waals surface area contributed by atoms with Gasteiger partial charge in [-0.25, -0.2) is 0 Å². The Morgan fingerprint density at radius 3 is 2.80 bits per heavy atom. The van der Waals surface area contributed by atoms with E-state index in [0.717, 1.165) is 10.9 Å². The number of carbonyl (C=O) groups is 1. The predicted octanol–water partition coefficient (Wildman–Crippen LogP) is 4.13. The van der Waals surface area contributed by atoms with Crippen molar-refractivity contribution in [2.75, 3.05) is 0 Å². The Kier molecular flexibility index (Phi) is 2.87. The molecule has 0 amide bonds. The zero-order valence-electron chi connectivity index (χ0n) is 8.99. The molecule has 0 N–H and O–H groups in total. The Labute approximate surface area is 93.7 Å². The molecule has 2 rings (SSSR count). The molecule has 0 unspecified atom stereocenters. The zero-order chi connectivity index (χ0) is 10.8. The van der Waals surface area contributed by atoms with Gasteiger partial charge in [0.1, 0.15) is 0 Å². The summed E-state index contributed by atoms with van der Waals surface area (Å²) >= 11 is 1.65. The van der Waals surface area contributed by atoms with E-state index < -0.39 is 0 Å². The summed E-state index contributed by atoms with van der Waals surface area (Å²) in [4.78, 5) is 11.9. The second-order valence-electron chi connectivity index (χ2n) is 4.17. The molecule has 1 aromatic heterocycles. The third-order valence-electron chi connectivity index (χ3n) is 2.38. The number of Topliss-reactive ketones (excluding diaryl/α,β-unsaturated/α-hetero) is 1. The fourth-order valence-corrected chi connectivity index (χ4v) is 2.64. The van der Waals surface area contributed by atoms with Gasteiger partial charge in [-0.3, -0.25) is 4.79 Å². The fraction of sp³-hybridized carbons (Fsp3) is 0.308. The first-order valence-electron chi connectivity index (χ1n) is 5.18. The second-order valence-corrected chi connectivity index (χ2v) is 5.08. The number of benzene rings is 1. The van der Waals surface area contributed by atoms with Crippen LogP contribution in [0.5, 0.6) is 0 Å². The predicted molar refractivity (Wildman–Crippen MR) is 65.6 cm³/mol. The van der Waals surface area contributed by atoms with Gasteiger partial charge in [0, 0.05) is 27.5 Å². The van der Waals surface area contributed by atoms with E-state index in [0.29, 0.717) is 12.3 Å². The molecule has 0 radical (unpaired) electrons. The number of fused-ring (bicyclic) bond motifs is 1. The summed E-state index contributed by atoms with van der Waals surface area (Å²) < 4.78 is 1.20. The molecule has 15 heavy (non-hydrogen) atoms. The molecule has 0 bridgehead atoms. The summed E-state index contributed by atoms with van der Waals surface area (Å²) in [6.45, 7) is 4.15. The molecule has 0 aliphatic rings. The normalized spacial score (nSPS) is 11.1. The number of carbonyl (C=O) groups excluding carboxylic acids is 1. The lowest BCUT2D eigenvalue weighted by molar-refractivity contribution is 0.0970. The Morgan fingerprint density at radius 1 is 1.33 bits per heavy atom. The number of ketones is 1. The maximum absolute atomic E-state index is 11.9. The summed E-state index contributed by atoms with van der Waals surface area (Å²) in [5, 5.41) is 3.09. The molecule has 0 saturated carbocycles. The lowest BCUT2D eigenvalue weighted by Crippen LogP contribution is -2.02. The van der Waals surface area contributed by atoms with E-state index in [2.05, 4.69) is 19.9 Å². The van der Waals surface area contributed by atoms with Gasteiger partial charge in [-0.1, -0.05) is 32.0 Å². The molecular formula is C13H14OS. The molecule has 0 saturated heterocycles. The molecule has 0 spiro atoms. The molecule has 1 heterocycles. The SMILES string of the molecule is CC(C)CC(=O)c1csc2ccccc12. The van der Waals surface area contributed by atoms with Crippen molar-refractivity contribution >= 4 is 27.2 Å². The van der Waals surface area contributed by atoms with Gasteiger partial charge >= 0.3 is 0 Å². The Bertz CT molecular complexity index is 482. The van der Waals surface area contributed by atoms with Crippen LogP contribution in [0.3, 0.4) is 0 Å². The van der Waals surface area contributed by atoms with E-state index in [4.69, 9.17) is 0 Å². The number of rotatable bonds is 3. The topological polar surface area (TPSA) is 17.1 Å². The highest BCUT2D eigenvalue weighted by molar-refractivity contribution is 7.17. The number of hydrogen-bond donors (Lipinski definition) is 0. The highest BCUT2D eigenvalue weighted by atomic mass is 32.1. The van der Waals surface area contributed by atoms with E-state index in [-0.39, 0.29) is 5.78 Å². The lowest BCUT2D eigenvalue weighted by Gasteiger charge is -2.02. The molecule has 2 aromatic rings. The molecule has 0 fully saturated rings. The second kappa shape index (κ2) is 4.15. The molecule has 1 aromatic carbocycles. The van der Waals surface area contributed by atoms with Gasteiger partial charge in [0.25, 0.3) is 0 Å². The van der Waals surface area contributed by atoms with Crippen molar-refractivity contribution in [3.8, 4) is 0 Å². The number of thiophene rings is 1. The van der Waals surface area contributed by atoms with E-state index in [1.807, 2.05) is 23.6 Å². The van der Waals surface area contributed by atoms with E-state index in [9.17, 15) is 4.79 Å². The van der Waals surface area contributed by atoms with Gasteiger partial charge in [0.05, 0.1) is 0 Å². The average molecular weight is 218 g/mol. The van der Waals surface area contributed by atoms with Crippen LogP contribution in [-0.2, 0) is 0 Å². The van der Waals surface area contributed by atoms with Crippen LogP contribution in [0.15, 0.2) is 29.6 Å². The largest absolute Gasteiger partial charge is 0.294 e. The fourth-order valence-electron chi connectivity index (χ4n) is 1.67. The lowest BCUT2D eigenvalue weighted by atomic mass is 10.0. The molecule has 0 aliphatic carbocycles. The summed E-state index contributed by atoms with van der Waals surface area (Å²) in [6.07, 6.45) is 0.640. The highest BCUT2D eigenvalue weighted by Crippen LogP contribution is 2.27. The summed E-state index contributed by atoms with van der Waals surface area (Å²) in [7, 11) is 0. The standard InChI is InChI=1S/C13H14OS/c1-9(2)7-12(14)11-8-15-13-6-4-3-5-10(11)13/h3-6,8-9H,7H2,1-2H3. The Morgan fingerprint density at radius 2 is 2.07 bits per heavy atom. The minimum Gasteiger partial charge on any atom is -0.294 e. The summed E-state index contributed by atoms with van der Waals surface area (Å²) in [5.41, 5.74) is 0.893. The summed E-state index contributed by atoms with van der Waals surface area (Å²) in [5.74, 6) is 0.693. The minimum atomic E-state index is 0.266. The van der Waals surface area contributed by atoms with Crippen LogP contribution < -0.4 is 0 Å². The van der Waals surface area contributed by atoms with Crippen LogP contribution in [0.4, 0.5) is 0 Å². The van der Waals surface area contributed by atoms with Crippen molar-refractivity contribution in [3.05, 3.63) is 35.2 Å². The molecule has 1 nitrogen and oxygen atoms in total. The Hall–Kier alpha value is -1.15. The third kappa shape index (κ3) is 2.10. The van der Waals surface area contributed by atoms with Crippen molar-refractivity contribution < 1.29 is 4.79 Å². The van der Waals surface area contributed by atoms with Crippen LogP contribution in [0.2, 0.25) is 0 Å². The first-order valence-corrected chi connectivity index (χ1v) is 6.06. The maximum atomic E-state index is 11.9. The molecule has 0 aliphatic heterocycles. The van der Waals surface area contributed by atoms with Crippen molar-refractivity contribution in [1.82, 2.24) is 0 Å². The van der Waals surface area contributed by atoms with Gasteiger partial charge in [-0.15, -0.1) is 11.3 Å². The van der Waals surface area contributed by atoms with Crippen molar-refractivity contribution in [2.24, 2.45) is 5.92 Å². The minimum absolute atomic E-state index is 0.266. The highest BCUT2D eigenvalue weighted by Gasteiger charge is 2.12. The van der Waals surface area contributed by atoms with Gasteiger partial charge in [-0.2, -0.15) is 0 Å². The van der Waals surface area contributed by atoms with Crippen LogP contribution in [-0.4, -0.2) is 5.78 Å². The molecule has 2 heteroatoms. The van der Waals surface area contributed by atoms with Crippen molar-refractivity contribution in [3.63, 3.8) is 0 Å². The van der Waals surface area contributed by atoms with E-state index in [1.165, 1.54) is 4.70 Å². The smallest absolute Gasteiger partial charge is 0.164 e. The first-order chi connectivity index (χ1) is 7.18. The number of hydrogen-bond acceptors (Lipinski definition) is 2. The van der Waals surface area contributed by atoms with Crippen LogP contribution in [0, 0.1) is 5.92 Å². The van der Waals surface area contributed by atoms with Crippen LogP contribution in [0.1, 0.15) is 30.6 Å². The monoisotopic (exact) mass is 218 g/mol. The van der Waals surface area contributed by atoms with Crippen LogP contribution in [0.25, 0.3) is 10.1 Å². The quantitative estimate of drug-likeness (QED) is 0.708.